The molecule has 0 bridgehead atoms. The van der Waals surface area contributed by atoms with Gasteiger partial charge in [-0.15, -0.1) is 0 Å². The number of carbonyl (C=O) groups is 1. The molecule has 6 heteroatoms. The maximum Gasteiger partial charge on any atom is 0.506 e. The van der Waals surface area contributed by atoms with Crippen LogP contribution in [0.1, 0.15) is 32.1 Å². The molecule has 0 amide bonds. The Morgan fingerprint density at radius 2 is 2.16 bits per heavy atom. The fourth-order valence-corrected chi connectivity index (χ4v) is 4.78. The van der Waals surface area contributed by atoms with Crippen molar-refractivity contribution in [2.45, 2.75) is 48.5 Å². The van der Waals surface area contributed by atoms with Gasteiger partial charge in [-0.1, -0.05) is 29.7 Å². The van der Waals surface area contributed by atoms with Crippen LogP contribution < -0.4 is 0 Å². The number of nitrogens with zero attached hydrogens (tertiary/aromatic N) is 1. The molecule has 0 aliphatic heterocycles. The highest BCUT2D eigenvalue weighted by Crippen LogP contribution is 2.39. The quantitative estimate of drug-likeness (QED) is 0.510. The highest BCUT2D eigenvalue weighted by Gasteiger charge is 2.28. The Morgan fingerprint density at radius 1 is 1.32 bits per heavy atom. The number of hydrogen-bond acceptors (Lipinski definition) is 5. The Hall–Kier alpha value is -0.880. The zero-order valence-electron chi connectivity index (χ0n) is 10.5. The molecule has 0 aromatic carbocycles. The lowest BCUT2D eigenvalue weighted by Crippen LogP contribution is -2.27. The van der Waals surface area contributed by atoms with Gasteiger partial charge in [-0.25, -0.2) is 9.78 Å². The van der Waals surface area contributed by atoms with Crippen LogP contribution in [0.2, 0.25) is 0 Å². The molecule has 1 aliphatic rings. The first kappa shape index (κ1) is 14.5. The molecule has 1 N–H and O–H groups in total. The monoisotopic (exact) mass is 299 g/mol. The first-order valence-electron chi connectivity index (χ1n) is 6.39. The molecule has 0 saturated heterocycles. The maximum atomic E-state index is 10.7. The zero-order chi connectivity index (χ0) is 13.5. The van der Waals surface area contributed by atoms with Gasteiger partial charge in [0, 0.05) is 6.20 Å². The molecule has 2 atom stereocenters. The fourth-order valence-electron chi connectivity index (χ4n) is 2.12. The maximum absolute atomic E-state index is 10.7. The van der Waals surface area contributed by atoms with Crippen LogP contribution >= 0.6 is 21.6 Å². The Bertz CT molecular complexity index is 402. The van der Waals surface area contributed by atoms with Crippen LogP contribution in [0.3, 0.4) is 0 Å². The second kappa shape index (κ2) is 7.65. The van der Waals surface area contributed by atoms with Crippen LogP contribution in [0, 0.1) is 0 Å². The van der Waals surface area contributed by atoms with Gasteiger partial charge in [-0.05, 0) is 42.2 Å². The molecule has 1 saturated carbocycles. The predicted molar refractivity (Wildman–Crippen MR) is 77.5 cm³/mol. The number of carboxylic acid groups (broad SMARTS) is 1. The lowest BCUT2D eigenvalue weighted by molar-refractivity contribution is 0.0481. The largest absolute Gasteiger partial charge is 0.506 e. The summed E-state index contributed by atoms with van der Waals surface area (Å²) in [7, 11) is 3.28. The van der Waals surface area contributed by atoms with E-state index in [0.717, 1.165) is 37.1 Å². The summed E-state index contributed by atoms with van der Waals surface area (Å²) in [6, 6.07) is 5.80. The van der Waals surface area contributed by atoms with Crippen molar-refractivity contribution in [3.63, 3.8) is 0 Å². The SMILES string of the molecule is O=C(O)O[C@@H]1CCCCC[C@H]1SSc1ccccn1. The Morgan fingerprint density at radius 3 is 2.89 bits per heavy atom. The Balaban J connectivity index is 1.92. The average Bonchev–Trinajstić information content (AvgIpc) is 2.62. The molecule has 19 heavy (non-hydrogen) atoms. The van der Waals surface area contributed by atoms with Gasteiger partial charge in [0.1, 0.15) is 11.1 Å². The van der Waals surface area contributed by atoms with Gasteiger partial charge in [-0.3, -0.25) is 0 Å². The molecule has 104 valence electrons. The minimum absolute atomic E-state index is 0.193. The molecule has 4 nitrogen and oxygen atoms in total. The van der Waals surface area contributed by atoms with Gasteiger partial charge >= 0.3 is 6.16 Å². The zero-order valence-corrected chi connectivity index (χ0v) is 12.2. The predicted octanol–water partition coefficient (Wildman–Crippen LogP) is 4.22. The summed E-state index contributed by atoms with van der Waals surface area (Å²) in [5, 5.41) is 9.97. The third-order valence-corrected chi connectivity index (χ3v) is 5.88. The first-order chi connectivity index (χ1) is 9.25. The molecule has 0 spiro atoms. The number of rotatable bonds is 4. The van der Waals surface area contributed by atoms with E-state index in [-0.39, 0.29) is 11.4 Å². The van der Waals surface area contributed by atoms with E-state index >= 15 is 0 Å². The molecule has 0 radical (unpaired) electrons. The van der Waals surface area contributed by atoms with E-state index in [9.17, 15) is 4.79 Å². The minimum atomic E-state index is -1.17. The highest BCUT2D eigenvalue weighted by atomic mass is 33.1. The summed E-state index contributed by atoms with van der Waals surface area (Å²) in [6.45, 7) is 0. The average molecular weight is 299 g/mol. The number of ether oxygens (including phenoxy) is 1. The molecule has 1 aliphatic carbocycles. The Kier molecular flexibility index (Phi) is 5.85. The summed E-state index contributed by atoms with van der Waals surface area (Å²) in [5.41, 5.74) is 0. The van der Waals surface area contributed by atoms with Crippen molar-refractivity contribution in [3.8, 4) is 0 Å². The Labute approximate surface area is 120 Å². The summed E-state index contributed by atoms with van der Waals surface area (Å²) in [5.74, 6) is 0. The van der Waals surface area contributed by atoms with E-state index in [2.05, 4.69) is 4.98 Å². The third-order valence-electron chi connectivity index (χ3n) is 3.04. The lowest BCUT2D eigenvalue weighted by atomic mass is 10.1. The second-order valence-electron chi connectivity index (χ2n) is 4.45. The van der Waals surface area contributed by atoms with E-state index < -0.39 is 6.16 Å². The van der Waals surface area contributed by atoms with Crippen LogP contribution in [0.15, 0.2) is 29.4 Å². The van der Waals surface area contributed by atoms with Gasteiger partial charge in [-0.2, -0.15) is 0 Å². The second-order valence-corrected chi connectivity index (χ2v) is 6.91. The van der Waals surface area contributed by atoms with Crippen molar-refractivity contribution < 1.29 is 14.6 Å². The van der Waals surface area contributed by atoms with E-state index in [4.69, 9.17) is 9.84 Å². The van der Waals surface area contributed by atoms with Gasteiger partial charge < -0.3 is 9.84 Å². The van der Waals surface area contributed by atoms with Gasteiger partial charge in [0.25, 0.3) is 0 Å². The topological polar surface area (TPSA) is 59.4 Å². The van der Waals surface area contributed by atoms with E-state index in [1.165, 1.54) is 0 Å². The molecule has 2 rings (SSSR count). The summed E-state index contributed by atoms with van der Waals surface area (Å²) in [4.78, 5) is 15.0. The molecular weight excluding hydrogens is 282 g/mol. The van der Waals surface area contributed by atoms with Gasteiger partial charge in [0.15, 0.2) is 0 Å². The van der Waals surface area contributed by atoms with E-state index in [1.54, 1.807) is 27.8 Å². The summed E-state index contributed by atoms with van der Waals surface area (Å²) in [6.07, 6.45) is 5.58. The van der Waals surface area contributed by atoms with Crippen molar-refractivity contribution in [2.75, 3.05) is 0 Å². The highest BCUT2D eigenvalue weighted by molar-refractivity contribution is 8.76. The van der Waals surface area contributed by atoms with Crippen LogP contribution in [0.25, 0.3) is 0 Å². The van der Waals surface area contributed by atoms with Gasteiger partial charge in [0.2, 0.25) is 0 Å². The number of aromatic nitrogens is 1. The smallest absolute Gasteiger partial charge is 0.450 e. The van der Waals surface area contributed by atoms with Crippen molar-refractivity contribution in [1.29, 1.82) is 0 Å². The van der Waals surface area contributed by atoms with Crippen LogP contribution in [0.4, 0.5) is 4.79 Å². The fraction of sp³-hybridized carbons (Fsp3) is 0.538. The standard InChI is InChI=1S/C13H17NO3S2/c15-13(16)17-10-6-2-1-3-7-11(10)18-19-12-8-4-5-9-14-12/h4-5,8-11H,1-3,6-7H2,(H,15,16)/t10-,11-/m1/s1. The van der Waals surface area contributed by atoms with Crippen LogP contribution in [-0.4, -0.2) is 27.6 Å². The van der Waals surface area contributed by atoms with E-state index in [1.807, 2.05) is 18.2 Å². The number of hydrogen-bond donors (Lipinski definition) is 1. The van der Waals surface area contributed by atoms with Crippen molar-refractivity contribution in [2.24, 2.45) is 0 Å². The molecule has 0 unspecified atom stereocenters. The van der Waals surface area contributed by atoms with Gasteiger partial charge in [0.05, 0.1) is 5.25 Å². The van der Waals surface area contributed by atoms with Crippen LogP contribution in [-0.2, 0) is 4.74 Å². The number of pyridine rings is 1. The normalized spacial score (nSPS) is 23.6. The first-order valence-corrected chi connectivity index (χ1v) is 8.61. The molecule has 1 aromatic rings. The van der Waals surface area contributed by atoms with Crippen molar-refractivity contribution in [3.05, 3.63) is 24.4 Å². The lowest BCUT2D eigenvalue weighted by Gasteiger charge is -2.22. The minimum Gasteiger partial charge on any atom is -0.450 e. The summed E-state index contributed by atoms with van der Waals surface area (Å²) >= 11 is 0. The van der Waals surface area contributed by atoms with Crippen LogP contribution in [0.5, 0.6) is 0 Å². The molecule has 1 heterocycles. The molecule has 1 fully saturated rings. The van der Waals surface area contributed by atoms with E-state index in [0.29, 0.717) is 0 Å². The van der Waals surface area contributed by atoms with Crippen molar-refractivity contribution >= 4 is 27.7 Å². The third kappa shape index (κ3) is 4.95. The van der Waals surface area contributed by atoms with Crippen molar-refractivity contribution in [1.82, 2.24) is 4.98 Å². The molecule has 1 aromatic heterocycles. The summed E-state index contributed by atoms with van der Waals surface area (Å²) < 4.78 is 5.03. The molecular formula is C13H17NO3S2.